The fourth-order valence-corrected chi connectivity index (χ4v) is 1.51. The first-order valence-electron chi connectivity index (χ1n) is 5.70. The average Bonchev–Trinajstić information content (AvgIpc) is 2.80. The lowest BCUT2D eigenvalue weighted by atomic mass is 10.3. The first kappa shape index (κ1) is 11.1. The maximum Gasteiger partial charge on any atom is 0.225 e. The molecule has 5 heteroatoms. The molecule has 2 rings (SSSR count). The van der Waals surface area contributed by atoms with E-state index in [-0.39, 0.29) is 6.10 Å². The van der Waals surface area contributed by atoms with Crippen molar-refractivity contribution in [2.45, 2.75) is 25.9 Å². The highest BCUT2D eigenvalue weighted by Crippen LogP contribution is 2.15. The Kier molecular flexibility index (Phi) is 3.93. The number of ether oxygens (including phenoxy) is 2. The molecule has 0 aromatic carbocycles. The molecule has 1 aliphatic rings. The van der Waals surface area contributed by atoms with Crippen LogP contribution in [0.15, 0.2) is 12.3 Å². The molecule has 2 heterocycles. The van der Waals surface area contributed by atoms with E-state index in [1.807, 2.05) is 0 Å². The molecule has 1 N–H and O–H groups in total. The molecule has 1 aromatic rings. The summed E-state index contributed by atoms with van der Waals surface area (Å²) in [6, 6.07) is 1.77. The van der Waals surface area contributed by atoms with E-state index in [4.69, 9.17) is 9.47 Å². The van der Waals surface area contributed by atoms with E-state index in [1.54, 1.807) is 12.3 Å². The lowest BCUT2D eigenvalue weighted by Crippen LogP contribution is -2.17. The quantitative estimate of drug-likeness (QED) is 0.819. The van der Waals surface area contributed by atoms with Gasteiger partial charge in [-0.25, -0.2) is 4.98 Å². The van der Waals surface area contributed by atoms with Crippen molar-refractivity contribution in [2.75, 3.05) is 25.1 Å². The number of aromatic nitrogens is 2. The average molecular weight is 223 g/mol. The number of nitrogens with one attached hydrogen (secondary N) is 1. The fraction of sp³-hybridized carbons (Fsp3) is 0.636. The van der Waals surface area contributed by atoms with Gasteiger partial charge in [-0.3, -0.25) is 0 Å². The molecule has 88 valence electrons. The van der Waals surface area contributed by atoms with Crippen LogP contribution in [-0.4, -0.2) is 35.8 Å². The molecule has 5 nitrogen and oxygen atoms in total. The molecule has 0 amide bonds. The van der Waals surface area contributed by atoms with Gasteiger partial charge in [0.2, 0.25) is 11.8 Å². The van der Waals surface area contributed by atoms with Crippen LogP contribution in [0.5, 0.6) is 5.88 Å². The molecular formula is C11H17N3O2. The molecule has 16 heavy (non-hydrogen) atoms. The predicted octanol–water partition coefficient (Wildman–Crippen LogP) is 1.47. The summed E-state index contributed by atoms with van der Waals surface area (Å²) in [5.41, 5.74) is 0. The van der Waals surface area contributed by atoms with Crippen LogP contribution >= 0.6 is 0 Å². The second kappa shape index (κ2) is 5.65. The van der Waals surface area contributed by atoms with Crippen molar-refractivity contribution in [2.24, 2.45) is 0 Å². The molecule has 1 saturated heterocycles. The Bertz CT molecular complexity index is 327. The van der Waals surface area contributed by atoms with Crippen LogP contribution in [-0.2, 0) is 4.74 Å². The zero-order chi connectivity index (χ0) is 11.2. The van der Waals surface area contributed by atoms with Crippen LogP contribution < -0.4 is 10.1 Å². The topological polar surface area (TPSA) is 56.3 Å². The molecule has 1 aromatic heterocycles. The van der Waals surface area contributed by atoms with Gasteiger partial charge in [-0.1, -0.05) is 6.92 Å². The van der Waals surface area contributed by atoms with Crippen molar-refractivity contribution >= 4 is 5.95 Å². The van der Waals surface area contributed by atoms with Gasteiger partial charge in [0, 0.05) is 25.2 Å². The Morgan fingerprint density at radius 1 is 1.62 bits per heavy atom. The predicted molar refractivity (Wildman–Crippen MR) is 60.7 cm³/mol. The van der Waals surface area contributed by atoms with Gasteiger partial charge in [-0.15, -0.1) is 0 Å². The minimum Gasteiger partial charge on any atom is -0.472 e. The third-order valence-corrected chi connectivity index (χ3v) is 2.34. The number of hydrogen-bond donors (Lipinski definition) is 1. The molecule has 1 unspecified atom stereocenters. The third kappa shape index (κ3) is 3.06. The molecule has 1 atom stereocenters. The lowest BCUT2D eigenvalue weighted by Gasteiger charge is -2.11. The van der Waals surface area contributed by atoms with E-state index < -0.39 is 0 Å². The number of rotatable bonds is 5. The van der Waals surface area contributed by atoms with Gasteiger partial charge in [-0.05, 0) is 6.42 Å². The van der Waals surface area contributed by atoms with Crippen molar-refractivity contribution in [3.63, 3.8) is 0 Å². The summed E-state index contributed by atoms with van der Waals surface area (Å²) in [5.74, 6) is 1.24. The number of nitrogens with zero attached hydrogens (tertiary/aromatic N) is 2. The highest BCUT2D eigenvalue weighted by atomic mass is 16.5. The Hall–Kier alpha value is -1.36. The zero-order valence-corrected chi connectivity index (χ0v) is 9.48. The highest BCUT2D eigenvalue weighted by molar-refractivity contribution is 5.27. The minimum absolute atomic E-state index is 0.133. The van der Waals surface area contributed by atoms with Crippen molar-refractivity contribution in [1.29, 1.82) is 0 Å². The van der Waals surface area contributed by atoms with Gasteiger partial charge in [0.25, 0.3) is 0 Å². The van der Waals surface area contributed by atoms with Crippen LogP contribution in [0.1, 0.15) is 19.8 Å². The maximum atomic E-state index is 5.68. The van der Waals surface area contributed by atoms with Crippen molar-refractivity contribution in [3.05, 3.63) is 12.3 Å². The van der Waals surface area contributed by atoms with Gasteiger partial charge in [0.05, 0.1) is 13.2 Å². The smallest absolute Gasteiger partial charge is 0.225 e. The van der Waals surface area contributed by atoms with Crippen molar-refractivity contribution in [3.8, 4) is 5.88 Å². The molecule has 0 aliphatic carbocycles. The first-order chi connectivity index (χ1) is 7.88. The SMILES string of the molecule is CCCNc1nccc(OC2CCOC2)n1. The van der Waals surface area contributed by atoms with Crippen LogP contribution in [0.3, 0.4) is 0 Å². The molecule has 1 fully saturated rings. The van der Waals surface area contributed by atoms with E-state index in [0.717, 1.165) is 26.0 Å². The van der Waals surface area contributed by atoms with Crippen LogP contribution in [0, 0.1) is 0 Å². The summed E-state index contributed by atoms with van der Waals surface area (Å²) < 4.78 is 10.9. The Morgan fingerprint density at radius 3 is 3.31 bits per heavy atom. The van der Waals surface area contributed by atoms with Gasteiger partial charge < -0.3 is 14.8 Å². The number of anilines is 1. The summed E-state index contributed by atoms with van der Waals surface area (Å²) in [4.78, 5) is 8.39. The van der Waals surface area contributed by atoms with Gasteiger partial charge in [0.15, 0.2) is 0 Å². The third-order valence-electron chi connectivity index (χ3n) is 2.34. The summed E-state index contributed by atoms with van der Waals surface area (Å²) >= 11 is 0. The van der Waals surface area contributed by atoms with E-state index in [1.165, 1.54) is 0 Å². The molecule has 0 radical (unpaired) electrons. The Balaban J connectivity index is 1.92. The summed E-state index contributed by atoms with van der Waals surface area (Å²) in [7, 11) is 0. The van der Waals surface area contributed by atoms with Crippen LogP contribution in [0.2, 0.25) is 0 Å². The van der Waals surface area contributed by atoms with Crippen LogP contribution in [0.4, 0.5) is 5.95 Å². The Morgan fingerprint density at radius 2 is 2.56 bits per heavy atom. The molecular weight excluding hydrogens is 206 g/mol. The van der Waals surface area contributed by atoms with E-state index >= 15 is 0 Å². The van der Waals surface area contributed by atoms with E-state index in [9.17, 15) is 0 Å². The zero-order valence-electron chi connectivity index (χ0n) is 9.48. The monoisotopic (exact) mass is 223 g/mol. The lowest BCUT2D eigenvalue weighted by molar-refractivity contribution is 0.138. The molecule has 1 aliphatic heterocycles. The van der Waals surface area contributed by atoms with Crippen molar-refractivity contribution < 1.29 is 9.47 Å². The minimum atomic E-state index is 0.133. The summed E-state index contributed by atoms with van der Waals surface area (Å²) in [6.45, 7) is 4.40. The maximum absolute atomic E-state index is 5.68. The molecule has 0 bridgehead atoms. The summed E-state index contributed by atoms with van der Waals surface area (Å²) in [6.07, 6.45) is 3.82. The van der Waals surface area contributed by atoms with Gasteiger partial charge >= 0.3 is 0 Å². The standard InChI is InChI=1S/C11H17N3O2/c1-2-5-12-11-13-6-3-10(14-11)16-9-4-7-15-8-9/h3,6,9H,2,4-5,7-8H2,1H3,(H,12,13,14). The second-order valence-corrected chi connectivity index (χ2v) is 3.75. The largest absolute Gasteiger partial charge is 0.472 e. The van der Waals surface area contributed by atoms with Crippen LogP contribution in [0.25, 0.3) is 0 Å². The fourth-order valence-electron chi connectivity index (χ4n) is 1.51. The molecule has 0 saturated carbocycles. The van der Waals surface area contributed by atoms with Gasteiger partial charge in [-0.2, -0.15) is 4.98 Å². The van der Waals surface area contributed by atoms with E-state index in [2.05, 4.69) is 22.2 Å². The van der Waals surface area contributed by atoms with Gasteiger partial charge in [0.1, 0.15) is 6.10 Å². The van der Waals surface area contributed by atoms with Crippen molar-refractivity contribution in [1.82, 2.24) is 9.97 Å². The first-order valence-corrected chi connectivity index (χ1v) is 5.70. The normalized spacial score (nSPS) is 19.7. The number of hydrogen-bond acceptors (Lipinski definition) is 5. The highest BCUT2D eigenvalue weighted by Gasteiger charge is 2.17. The Labute approximate surface area is 95.2 Å². The molecule has 0 spiro atoms. The van der Waals surface area contributed by atoms with E-state index in [0.29, 0.717) is 18.4 Å². The summed E-state index contributed by atoms with van der Waals surface area (Å²) in [5, 5.41) is 3.13. The second-order valence-electron chi connectivity index (χ2n) is 3.75.